The first-order valence-corrected chi connectivity index (χ1v) is 6.23. The second kappa shape index (κ2) is 5.30. The number of aromatic nitrogens is 1. The molecule has 1 aromatic rings. The molecule has 2 rings (SSSR count). The molecule has 1 atom stereocenters. The number of pyridine rings is 1. The first-order chi connectivity index (χ1) is 7.83. The van der Waals surface area contributed by atoms with E-state index in [9.17, 15) is 0 Å². The Kier molecular flexibility index (Phi) is 3.78. The summed E-state index contributed by atoms with van der Waals surface area (Å²) in [6, 6.07) is 4.22. The highest BCUT2D eigenvalue weighted by molar-refractivity contribution is 5.46. The highest BCUT2D eigenvalue weighted by Gasteiger charge is 2.18. The zero-order valence-corrected chi connectivity index (χ0v) is 10.0. The Morgan fingerprint density at radius 1 is 1.56 bits per heavy atom. The minimum absolute atomic E-state index is 0.527. The Balaban J connectivity index is 2.10. The number of nitrogens with zero attached hydrogens (tertiary/aromatic N) is 2. The minimum Gasteiger partial charge on any atom is -0.371 e. The van der Waals surface area contributed by atoms with Gasteiger partial charge in [0.2, 0.25) is 0 Å². The summed E-state index contributed by atoms with van der Waals surface area (Å²) in [5.41, 5.74) is 7.89. The van der Waals surface area contributed by atoms with Crippen LogP contribution in [0.25, 0.3) is 0 Å². The molecule has 1 aromatic heterocycles. The summed E-state index contributed by atoms with van der Waals surface area (Å²) in [7, 11) is 0. The highest BCUT2D eigenvalue weighted by atomic mass is 15.1. The van der Waals surface area contributed by atoms with Crippen molar-refractivity contribution in [2.75, 3.05) is 18.0 Å². The van der Waals surface area contributed by atoms with Crippen LogP contribution in [0.1, 0.15) is 31.9 Å². The fourth-order valence-electron chi connectivity index (χ4n) is 2.41. The molecule has 0 aromatic carbocycles. The van der Waals surface area contributed by atoms with Crippen LogP contribution in [0, 0.1) is 5.92 Å². The molecule has 16 heavy (non-hydrogen) atoms. The van der Waals surface area contributed by atoms with E-state index in [1.165, 1.54) is 38.0 Å². The first kappa shape index (κ1) is 11.4. The van der Waals surface area contributed by atoms with E-state index in [1.54, 1.807) is 0 Å². The van der Waals surface area contributed by atoms with Gasteiger partial charge < -0.3 is 10.6 Å². The summed E-state index contributed by atoms with van der Waals surface area (Å²) >= 11 is 0. The molecule has 0 aliphatic carbocycles. The van der Waals surface area contributed by atoms with Crippen LogP contribution in [0.15, 0.2) is 18.3 Å². The molecular weight excluding hydrogens is 198 g/mol. The summed E-state index contributed by atoms with van der Waals surface area (Å²) in [5, 5.41) is 0. The van der Waals surface area contributed by atoms with Gasteiger partial charge in [-0.3, -0.25) is 4.98 Å². The van der Waals surface area contributed by atoms with Gasteiger partial charge in [0.25, 0.3) is 0 Å². The van der Waals surface area contributed by atoms with E-state index in [0.717, 1.165) is 11.6 Å². The lowest BCUT2D eigenvalue weighted by Gasteiger charge is -2.34. The van der Waals surface area contributed by atoms with Gasteiger partial charge in [-0.05, 0) is 30.9 Å². The van der Waals surface area contributed by atoms with Crippen LogP contribution in [0.4, 0.5) is 5.69 Å². The van der Waals surface area contributed by atoms with Crippen LogP contribution in [-0.2, 0) is 6.54 Å². The molecule has 3 heteroatoms. The predicted octanol–water partition coefficient (Wildman–Crippen LogP) is 2.17. The van der Waals surface area contributed by atoms with E-state index < -0.39 is 0 Å². The molecule has 0 spiro atoms. The van der Waals surface area contributed by atoms with E-state index in [2.05, 4.69) is 28.9 Å². The van der Waals surface area contributed by atoms with Gasteiger partial charge in [-0.15, -0.1) is 0 Å². The molecule has 0 bridgehead atoms. The maximum absolute atomic E-state index is 5.62. The lowest BCUT2D eigenvalue weighted by molar-refractivity contribution is 0.404. The Hall–Kier alpha value is -1.09. The average molecular weight is 219 g/mol. The van der Waals surface area contributed by atoms with E-state index in [4.69, 9.17) is 5.73 Å². The zero-order chi connectivity index (χ0) is 11.4. The van der Waals surface area contributed by atoms with Crippen molar-refractivity contribution in [1.82, 2.24) is 4.98 Å². The third-order valence-corrected chi connectivity index (χ3v) is 3.47. The molecule has 1 unspecified atom stereocenters. The van der Waals surface area contributed by atoms with Crippen molar-refractivity contribution < 1.29 is 0 Å². The topological polar surface area (TPSA) is 42.2 Å². The van der Waals surface area contributed by atoms with E-state index in [0.29, 0.717) is 6.54 Å². The maximum atomic E-state index is 5.62. The van der Waals surface area contributed by atoms with Crippen molar-refractivity contribution in [3.05, 3.63) is 24.0 Å². The van der Waals surface area contributed by atoms with Crippen LogP contribution >= 0.6 is 0 Å². The maximum Gasteiger partial charge on any atom is 0.0560 e. The number of anilines is 1. The molecular formula is C13H21N3. The lowest BCUT2D eigenvalue weighted by Crippen LogP contribution is -2.35. The second-order valence-corrected chi connectivity index (χ2v) is 4.57. The van der Waals surface area contributed by atoms with Crippen molar-refractivity contribution in [2.45, 2.75) is 32.7 Å². The van der Waals surface area contributed by atoms with Gasteiger partial charge in [0.1, 0.15) is 0 Å². The highest BCUT2D eigenvalue weighted by Crippen LogP contribution is 2.24. The smallest absolute Gasteiger partial charge is 0.0560 e. The SMILES string of the molecule is CCC1CCCN(c2ccnc(CN)c2)C1. The normalized spacial score (nSPS) is 21.1. The largest absolute Gasteiger partial charge is 0.371 e. The molecule has 1 saturated heterocycles. The van der Waals surface area contributed by atoms with Crippen molar-refractivity contribution in [3.63, 3.8) is 0 Å². The number of nitrogens with two attached hydrogens (primary N) is 1. The number of piperidine rings is 1. The summed E-state index contributed by atoms with van der Waals surface area (Å²) in [4.78, 5) is 6.71. The van der Waals surface area contributed by atoms with Gasteiger partial charge >= 0.3 is 0 Å². The monoisotopic (exact) mass is 219 g/mol. The van der Waals surface area contributed by atoms with Gasteiger partial charge in [0, 0.05) is 31.5 Å². The molecule has 0 radical (unpaired) electrons. The summed E-state index contributed by atoms with van der Waals surface area (Å²) in [5.74, 6) is 0.850. The average Bonchev–Trinajstić information content (AvgIpc) is 2.39. The lowest BCUT2D eigenvalue weighted by atomic mass is 9.95. The molecule has 1 aliphatic heterocycles. The Bertz CT molecular complexity index is 338. The van der Waals surface area contributed by atoms with Crippen LogP contribution in [0.2, 0.25) is 0 Å². The molecule has 0 amide bonds. The third-order valence-electron chi connectivity index (χ3n) is 3.47. The summed E-state index contributed by atoms with van der Waals surface area (Å²) < 4.78 is 0. The Labute approximate surface area is 97.7 Å². The molecule has 1 aliphatic rings. The third kappa shape index (κ3) is 2.53. The van der Waals surface area contributed by atoms with E-state index in [1.807, 2.05) is 6.20 Å². The van der Waals surface area contributed by atoms with Crippen LogP contribution < -0.4 is 10.6 Å². The number of hydrogen-bond donors (Lipinski definition) is 1. The molecule has 3 nitrogen and oxygen atoms in total. The minimum atomic E-state index is 0.527. The molecule has 2 N–H and O–H groups in total. The first-order valence-electron chi connectivity index (χ1n) is 6.23. The molecule has 1 fully saturated rings. The fraction of sp³-hybridized carbons (Fsp3) is 0.615. The molecule has 88 valence electrons. The Morgan fingerprint density at radius 2 is 2.44 bits per heavy atom. The summed E-state index contributed by atoms with van der Waals surface area (Å²) in [6.07, 6.45) is 5.83. The van der Waals surface area contributed by atoms with Gasteiger partial charge in [-0.2, -0.15) is 0 Å². The van der Waals surface area contributed by atoms with Gasteiger partial charge in [-0.1, -0.05) is 13.3 Å². The number of hydrogen-bond acceptors (Lipinski definition) is 3. The van der Waals surface area contributed by atoms with E-state index >= 15 is 0 Å². The predicted molar refractivity (Wildman–Crippen MR) is 67.4 cm³/mol. The van der Waals surface area contributed by atoms with Crippen LogP contribution in [0.5, 0.6) is 0 Å². The standard InChI is InChI=1S/C13H21N3/c1-2-11-4-3-7-16(10-11)13-5-6-15-12(8-13)9-14/h5-6,8,11H,2-4,7,9-10,14H2,1H3. The van der Waals surface area contributed by atoms with Crippen molar-refractivity contribution in [3.8, 4) is 0 Å². The quantitative estimate of drug-likeness (QED) is 0.847. The fourth-order valence-corrected chi connectivity index (χ4v) is 2.41. The van der Waals surface area contributed by atoms with Crippen molar-refractivity contribution in [2.24, 2.45) is 11.7 Å². The van der Waals surface area contributed by atoms with Gasteiger partial charge in [0.15, 0.2) is 0 Å². The van der Waals surface area contributed by atoms with Crippen LogP contribution in [-0.4, -0.2) is 18.1 Å². The van der Waals surface area contributed by atoms with E-state index in [-0.39, 0.29) is 0 Å². The van der Waals surface area contributed by atoms with Gasteiger partial charge in [0.05, 0.1) is 5.69 Å². The van der Waals surface area contributed by atoms with Crippen molar-refractivity contribution >= 4 is 5.69 Å². The Morgan fingerprint density at radius 3 is 3.19 bits per heavy atom. The molecule has 2 heterocycles. The number of rotatable bonds is 3. The summed E-state index contributed by atoms with van der Waals surface area (Å²) in [6.45, 7) is 5.17. The molecule has 0 saturated carbocycles. The second-order valence-electron chi connectivity index (χ2n) is 4.57. The van der Waals surface area contributed by atoms with Crippen LogP contribution in [0.3, 0.4) is 0 Å². The zero-order valence-electron chi connectivity index (χ0n) is 10.0. The van der Waals surface area contributed by atoms with Crippen molar-refractivity contribution in [1.29, 1.82) is 0 Å². The van der Waals surface area contributed by atoms with Gasteiger partial charge in [-0.25, -0.2) is 0 Å².